The Balaban J connectivity index is 2.80. The van der Waals surface area contributed by atoms with E-state index < -0.39 is 54.5 Å². The molecule has 0 spiro atoms. The predicted octanol–water partition coefficient (Wildman–Crippen LogP) is -4.01. The molecule has 0 bridgehead atoms. The van der Waals surface area contributed by atoms with Crippen LogP contribution >= 0.6 is 0 Å². The Morgan fingerprint density at radius 2 is 1.62 bits per heavy atom. The molecule has 0 fully saturated rings. The van der Waals surface area contributed by atoms with E-state index in [1.54, 1.807) is 0 Å². The van der Waals surface area contributed by atoms with E-state index in [4.69, 9.17) is 22.9 Å². The number of amides is 3. The number of aliphatic carboxylic acids is 1. The number of rotatable bonds is 18. The summed E-state index contributed by atoms with van der Waals surface area (Å²) in [6, 6.07) is -4.80. The van der Waals surface area contributed by atoms with Gasteiger partial charge in [0, 0.05) is 24.9 Å². The van der Waals surface area contributed by atoms with Crippen molar-refractivity contribution in [3.05, 3.63) is 18.2 Å². The Hall–Kier alpha value is -3.76. The van der Waals surface area contributed by atoms with E-state index in [1.165, 1.54) is 12.5 Å². The lowest BCUT2D eigenvalue weighted by atomic mass is 10.1. The number of nitrogens with two attached hydrogens (primary N) is 4. The molecular weight excluding hydrogens is 488 g/mol. The summed E-state index contributed by atoms with van der Waals surface area (Å²) in [4.78, 5) is 60.1. The molecule has 16 heteroatoms. The Labute approximate surface area is 214 Å². The lowest BCUT2D eigenvalue weighted by molar-refractivity contribution is -0.142. The first-order valence-electron chi connectivity index (χ1n) is 11.8. The van der Waals surface area contributed by atoms with Gasteiger partial charge in [0.1, 0.15) is 18.1 Å². The first kappa shape index (κ1) is 31.3. The van der Waals surface area contributed by atoms with E-state index in [0.29, 0.717) is 31.5 Å². The summed E-state index contributed by atoms with van der Waals surface area (Å²) in [5, 5.41) is 26.4. The smallest absolute Gasteiger partial charge is 0.326 e. The molecule has 208 valence electrons. The second-order valence-corrected chi connectivity index (χ2v) is 8.33. The number of unbranched alkanes of at least 4 members (excludes halogenated alkanes) is 1. The molecule has 4 atom stereocenters. The average molecular weight is 527 g/mol. The van der Waals surface area contributed by atoms with Crippen LogP contribution in [0.15, 0.2) is 17.5 Å². The number of imidazole rings is 1. The summed E-state index contributed by atoms with van der Waals surface area (Å²) in [6.07, 6.45) is 4.57. The van der Waals surface area contributed by atoms with Crippen LogP contribution in [0.25, 0.3) is 0 Å². The van der Waals surface area contributed by atoms with Gasteiger partial charge in [-0.15, -0.1) is 0 Å². The Morgan fingerprint density at radius 1 is 0.973 bits per heavy atom. The SMILES string of the molecule is NCCCCC(NC(=O)C(CO)NC(=O)C(N)CCCN=C(N)N)C(=O)NC(Cc1cnc[nH]1)C(=O)O. The standard InChI is InChI=1S/C21H38N10O6/c22-6-2-1-5-14(18(34)30-15(20(36)37)8-12-9-26-11-28-12)29-19(35)16(10-32)31-17(33)13(23)4-3-7-27-21(24)25/h9,11,13-16,32H,1-8,10,22-23H2,(H,26,28)(H,29,35)(H,30,34)(H,31,33)(H,36,37)(H4,24,25,27). The lowest BCUT2D eigenvalue weighted by Gasteiger charge is -2.24. The number of aliphatic imine (C=N–C) groups is 1. The van der Waals surface area contributed by atoms with Crippen LogP contribution < -0.4 is 38.9 Å². The zero-order chi connectivity index (χ0) is 27.8. The van der Waals surface area contributed by atoms with Gasteiger partial charge in [0.2, 0.25) is 17.7 Å². The summed E-state index contributed by atoms with van der Waals surface area (Å²) in [5.74, 6) is -3.62. The third-order valence-corrected chi connectivity index (χ3v) is 5.29. The first-order valence-corrected chi connectivity index (χ1v) is 11.8. The molecular formula is C21H38N10O6. The minimum Gasteiger partial charge on any atom is -0.480 e. The van der Waals surface area contributed by atoms with Crippen LogP contribution in [0.3, 0.4) is 0 Å². The van der Waals surface area contributed by atoms with Crippen LogP contribution in [0.4, 0.5) is 0 Å². The Bertz CT molecular complexity index is 890. The number of aromatic nitrogens is 2. The van der Waals surface area contributed by atoms with Gasteiger partial charge in [-0.3, -0.25) is 19.4 Å². The third-order valence-electron chi connectivity index (χ3n) is 5.29. The zero-order valence-corrected chi connectivity index (χ0v) is 20.6. The number of carbonyl (C=O) groups is 4. The number of nitrogens with zero attached hydrogens (tertiary/aromatic N) is 2. The molecule has 0 aromatic carbocycles. The minimum atomic E-state index is -1.39. The van der Waals surface area contributed by atoms with Crippen molar-refractivity contribution in [1.29, 1.82) is 0 Å². The van der Waals surface area contributed by atoms with Crippen LogP contribution in [0.5, 0.6) is 0 Å². The number of aliphatic hydroxyl groups is 1. The highest BCUT2D eigenvalue weighted by atomic mass is 16.4. The number of hydrogen-bond donors (Lipinski definition) is 10. The quantitative estimate of drug-likeness (QED) is 0.0499. The highest BCUT2D eigenvalue weighted by molar-refractivity contribution is 5.94. The van der Waals surface area contributed by atoms with Crippen LogP contribution in [0.2, 0.25) is 0 Å². The molecule has 0 saturated carbocycles. The molecule has 0 aliphatic carbocycles. The van der Waals surface area contributed by atoms with Gasteiger partial charge in [0.15, 0.2) is 5.96 Å². The number of carboxylic acid groups (broad SMARTS) is 1. The van der Waals surface area contributed by atoms with Gasteiger partial charge in [-0.05, 0) is 38.6 Å². The molecule has 16 nitrogen and oxygen atoms in total. The predicted molar refractivity (Wildman–Crippen MR) is 134 cm³/mol. The summed E-state index contributed by atoms with van der Waals surface area (Å²) >= 11 is 0. The van der Waals surface area contributed by atoms with Crippen molar-refractivity contribution in [3.8, 4) is 0 Å². The highest BCUT2D eigenvalue weighted by Crippen LogP contribution is 2.05. The van der Waals surface area contributed by atoms with Crippen molar-refractivity contribution in [2.45, 2.75) is 62.7 Å². The third kappa shape index (κ3) is 12.2. The van der Waals surface area contributed by atoms with Crippen molar-refractivity contribution < 1.29 is 29.4 Å². The van der Waals surface area contributed by atoms with Gasteiger partial charge >= 0.3 is 5.97 Å². The molecule has 14 N–H and O–H groups in total. The van der Waals surface area contributed by atoms with Crippen molar-refractivity contribution in [2.75, 3.05) is 19.7 Å². The van der Waals surface area contributed by atoms with Gasteiger partial charge in [-0.25, -0.2) is 9.78 Å². The fourth-order valence-electron chi connectivity index (χ4n) is 3.25. The molecule has 4 unspecified atom stereocenters. The van der Waals surface area contributed by atoms with Crippen molar-refractivity contribution in [2.24, 2.45) is 27.9 Å². The molecule has 0 saturated heterocycles. The van der Waals surface area contributed by atoms with Crippen molar-refractivity contribution >= 4 is 29.7 Å². The number of carboxylic acids is 1. The molecule has 0 aliphatic heterocycles. The van der Waals surface area contributed by atoms with Gasteiger partial charge in [0.05, 0.1) is 19.0 Å². The lowest BCUT2D eigenvalue weighted by Crippen LogP contribution is -2.58. The summed E-state index contributed by atoms with van der Waals surface area (Å²) in [6.45, 7) is -0.131. The summed E-state index contributed by atoms with van der Waals surface area (Å²) in [5.41, 5.74) is 22.3. The zero-order valence-electron chi connectivity index (χ0n) is 20.6. The molecule has 1 heterocycles. The fraction of sp³-hybridized carbons (Fsp3) is 0.619. The van der Waals surface area contributed by atoms with E-state index in [2.05, 4.69) is 30.9 Å². The molecule has 0 aliphatic rings. The van der Waals surface area contributed by atoms with E-state index in [1.807, 2.05) is 0 Å². The van der Waals surface area contributed by atoms with Crippen LogP contribution in [-0.2, 0) is 25.6 Å². The van der Waals surface area contributed by atoms with E-state index in [0.717, 1.165) is 0 Å². The summed E-state index contributed by atoms with van der Waals surface area (Å²) in [7, 11) is 0. The van der Waals surface area contributed by atoms with E-state index in [-0.39, 0.29) is 31.8 Å². The maximum absolute atomic E-state index is 12.9. The molecule has 1 rings (SSSR count). The molecule has 1 aromatic rings. The second-order valence-electron chi connectivity index (χ2n) is 8.33. The largest absolute Gasteiger partial charge is 0.480 e. The number of carbonyl (C=O) groups excluding carboxylic acids is 3. The van der Waals surface area contributed by atoms with E-state index >= 15 is 0 Å². The van der Waals surface area contributed by atoms with Crippen molar-refractivity contribution in [1.82, 2.24) is 25.9 Å². The normalized spacial score (nSPS) is 14.0. The maximum atomic E-state index is 12.9. The van der Waals surface area contributed by atoms with Crippen LogP contribution in [-0.4, -0.2) is 93.7 Å². The maximum Gasteiger partial charge on any atom is 0.326 e. The highest BCUT2D eigenvalue weighted by Gasteiger charge is 2.30. The first-order chi connectivity index (χ1) is 17.6. The van der Waals surface area contributed by atoms with Gasteiger partial charge in [-0.1, -0.05) is 0 Å². The van der Waals surface area contributed by atoms with Gasteiger partial charge < -0.3 is 54.1 Å². The molecule has 37 heavy (non-hydrogen) atoms. The van der Waals surface area contributed by atoms with Crippen LogP contribution in [0, 0.1) is 0 Å². The number of aromatic amines is 1. The number of H-pyrrole nitrogens is 1. The van der Waals surface area contributed by atoms with Crippen molar-refractivity contribution in [3.63, 3.8) is 0 Å². The monoisotopic (exact) mass is 526 g/mol. The number of hydrogen-bond acceptors (Lipinski definition) is 9. The minimum absolute atomic E-state index is 0.0546. The number of aliphatic hydroxyl groups excluding tert-OH is 1. The van der Waals surface area contributed by atoms with Gasteiger partial charge in [0.25, 0.3) is 0 Å². The Morgan fingerprint density at radius 3 is 2.19 bits per heavy atom. The fourth-order valence-corrected chi connectivity index (χ4v) is 3.25. The molecule has 1 aromatic heterocycles. The Kier molecular flexibility index (Phi) is 14.2. The van der Waals surface area contributed by atoms with E-state index in [9.17, 15) is 29.4 Å². The summed E-state index contributed by atoms with van der Waals surface area (Å²) < 4.78 is 0. The molecule has 3 amide bonds. The second kappa shape index (κ2) is 16.8. The number of guanidine groups is 1. The topological polar surface area (TPSA) is 290 Å². The average Bonchev–Trinajstić information content (AvgIpc) is 3.36. The molecule has 0 radical (unpaired) electrons. The van der Waals surface area contributed by atoms with Gasteiger partial charge in [-0.2, -0.15) is 0 Å². The number of nitrogens with one attached hydrogen (secondary N) is 4. The van der Waals surface area contributed by atoms with Crippen LogP contribution in [0.1, 0.15) is 37.8 Å².